The lowest BCUT2D eigenvalue weighted by atomic mass is 10.0. The SMILES string of the molecule is CC.CCOC(=O)c1cnc(NC2(c3ccc(Cl)cc3F)CC2)nc1. The van der Waals surface area contributed by atoms with E-state index in [0.717, 1.165) is 12.8 Å². The third-order valence-corrected chi connectivity index (χ3v) is 3.95. The van der Waals surface area contributed by atoms with Crippen molar-refractivity contribution in [3.63, 3.8) is 0 Å². The molecule has 1 aromatic carbocycles. The highest BCUT2D eigenvalue weighted by molar-refractivity contribution is 6.30. The van der Waals surface area contributed by atoms with Gasteiger partial charge in [-0.2, -0.15) is 0 Å². The lowest BCUT2D eigenvalue weighted by Crippen LogP contribution is -2.22. The van der Waals surface area contributed by atoms with Crippen LogP contribution in [0.25, 0.3) is 0 Å². The number of nitrogens with zero attached hydrogens (tertiary/aromatic N) is 2. The Hall–Kier alpha value is -2.21. The number of ether oxygens (including phenoxy) is 1. The standard InChI is InChI=1S/C16H15ClFN3O2.C2H6/c1-2-23-14(22)10-8-19-15(20-9-10)21-16(5-6-16)12-4-3-11(17)7-13(12)18;1-2/h3-4,7-9H,2,5-6H2,1H3,(H,19,20,21);1-2H3. The predicted octanol–water partition coefficient (Wildman–Crippen LogP) is 4.57. The summed E-state index contributed by atoms with van der Waals surface area (Å²) in [6, 6.07) is 4.63. The van der Waals surface area contributed by atoms with Gasteiger partial charge in [-0.05, 0) is 31.9 Å². The Morgan fingerprint density at radius 1 is 1.32 bits per heavy atom. The van der Waals surface area contributed by atoms with Crippen LogP contribution in [0.4, 0.5) is 10.3 Å². The number of benzene rings is 1. The zero-order valence-electron chi connectivity index (χ0n) is 14.5. The van der Waals surface area contributed by atoms with Crippen LogP contribution in [-0.4, -0.2) is 22.5 Å². The number of carbonyl (C=O) groups excluding carboxylic acids is 1. The van der Waals surface area contributed by atoms with Crippen LogP contribution in [0.2, 0.25) is 5.02 Å². The first-order valence-electron chi connectivity index (χ1n) is 8.27. The van der Waals surface area contributed by atoms with Crippen molar-refractivity contribution in [3.8, 4) is 0 Å². The second-order valence-electron chi connectivity index (χ2n) is 5.35. The molecule has 1 aromatic heterocycles. The van der Waals surface area contributed by atoms with Crippen LogP contribution in [-0.2, 0) is 10.3 Å². The van der Waals surface area contributed by atoms with Crippen molar-refractivity contribution in [1.82, 2.24) is 9.97 Å². The molecule has 0 amide bonds. The van der Waals surface area contributed by atoms with Gasteiger partial charge in [-0.1, -0.05) is 31.5 Å². The minimum absolute atomic E-state index is 0.278. The van der Waals surface area contributed by atoms with Crippen LogP contribution < -0.4 is 5.32 Å². The molecule has 0 aliphatic heterocycles. The van der Waals surface area contributed by atoms with E-state index in [9.17, 15) is 9.18 Å². The first-order valence-corrected chi connectivity index (χ1v) is 8.65. The molecule has 0 bridgehead atoms. The number of anilines is 1. The summed E-state index contributed by atoms with van der Waals surface area (Å²) in [6.07, 6.45) is 4.33. The fourth-order valence-electron chi connectivity index (χ4n) is 2.39. The Bertz CT molecular complexity index is 734. The second-order valence-corrected chi connectivity index (χ2v) is 5.78. The Kier molecular flexibility index (Phi) is 6.31. The maximum atomic E-state index is 14.1. The zero-order chi connectivity index (χ0) is 18.4. The van der Waals surface area contributed by atoms with Crippen LogP contribution >= 0.6 is 11.6 Å². The molecule has 1 N–H and O–H groups in total. The van der Waals surface area contributed by atoms with Gasteiger partial charge in [0.15, 0.2) is 0 Å². The quantitative estimate of drug-likeness (QED) is 0.786. The minimum Gasteiger partial charge on any atom is -0.462 e. The lowest BCUT2D eigenvalue weighted by molar-refractivity contribution is 0.0525. The molecule has 0 atom stereocenters. The number of hydrogen-bond donors (Lipinski definition) is 1. The van der Waals surface area contributed by atoms with Crippen LogP contribution in [0.15, 0.2) is 30.6 Å². The van der Waals surface area contributed by atoms with E-state index in [1.54, 1.807) is 19.1 Å². The van der Waals surface area contributed by atoms with Crippen LogP contribution in [0.5, 0.6) is 0 Å². The molecule has 25 heavy (non-hydrogen) atoms. The normalized spacial score (nSPS) is 14.1. The van der Waals surface area contributed by atoms with Gasteiger partial charge in [0.25, 0.3) is 0 Å². The molecule has 0 spiro atoms. The van der Waals surface area contributed by atoms with Crippen molar-refractivity contribution >= 4 is 23.5 Å². The Morgan fingerprint density at radius 2 is 1.96 bits per heavy atom. The van der Waals surface area contributed by atoms with E-state index in [4.69, 9.17) is 16.3 Å². The first kappa shape index (κ1) is 19.1. The topological polar surface area (TPSA) is 64.1 Å². The van der Waals surface area contributed by atoms with Gasteiger partial charge in [0, 0.05) is 23.0 Å². The Labute approximate surface area is 151 Å². The molecule has 1 fully saturated rings. The molecule has 0 radical (unpaired) electrons. The molecule has 1 aliphatic rings. The number of aromatic nitrogens is 2. The van der Waals surface area contributed by atoms with Gasteiger partial charge in [-0.3, -0.25) is 0 Å². The van der Waals surface area contributed by atoms with Crippen molar-refractivity contribution in [2.24, 2.45) is 0 Å². The highest BCUT2D eigenvalue weighted by Crippen LogP contribution is 2.48. The number of hydrogen-bond acceptors (Lipinski definition) is 5. The van der Waals surface area contributed by atoms with Gasteiger partial charge in [-0.15, -0.1) is 0 Å². The van der Waals surface area contributed by atoms with E-state index in [1.165, 1.54) is 18.5 Å². The molecule has 3 rings (SSSR count). The average Bonchev–Trinajstić information content (AvgIpc) is 3.37. The summed E-state index contributed by atoms with van der Waals surface area (Å²) in [5.41, 5.74) is 0.306. The van der Waals surface area contributed by atoms with Crippen LogP contribution in [0, 0.1) is 5.82 Å². The monoisotopic (exact) mass is 365 g/mol. The molecule has 2 aromatic rings. The van der Waals surface area contributed by atoms with Crippen molar-refractivity contribution in [3.05, 3.63) is 52.6 Å². The molecule has 1 heterocycles. The summed E-state index contributed by atoms with van der Waals surface area (Å²) in [6.45, 7) is 6.02. The minimum atomic E-state index is -0.514. The van der Waals surface area contributed by atoms with Gasteiger partial charge in [0.05, 0.1) is 17.7 Å². The number of halogens is 2. The van der Waals surface area contributed by atoms with E-state index < -0.39 is 11.5 Å². The molecular formula is C18H21ClFN3O2. The predicted molar refractivity (Wildman–Crippen MR) is 95.3 cm³/mol. The number of esters is 1. The number of carbonyl (C=O) groups is 1. The lowest BCUT2D eigenvalue weighted by Gasteiger charge is -2.18. The largest absolute Gasteiger partial charge is 0.462 e. The maximum Gasteiger partial charge on any atom is 0.341 e. The van der Waals surface area contributed by atoms with Crippen molar-refractivity contribution in [1.29, 1.82) is 0 Å². The summed E-state index contributed by atoms with van der Waals surface area (Å²) >= 11 is 5.79. The van der Waals surface area contributed by atoms with Gasteiger partial charge < -0.3 is 10.1 Å². The highest BCUT2D eigenvalue weighted by Gasteiger charge is 2.46. The Morgan fingerprint density at radius 3 is 2.48 bits per heavy atom. The van der Waals surface area contributed by atoms with Gasteiger partial charge in [-0.25, -0.2) is 19.2 Å². The fourth-order valence-corrected chi connectivity index (χ4v) is 2.55. The average molecular weight is 366 g/mol. The van der Waals surface area contributed by atoms with Crippen LogP contribution in [0.1, 0.15) is 49.5 Å². The fraction of sp³-hybridized carbons (Fsp3) is 0.389. The van der Waals surface area contributed by atoms with Crippen molar-refractivity contribution in [2.75, 3.05) is 11.9 Å². The molecule has 0 unspecified atom stereocenters. The second kappa shape index (κ2) is 8.25. The smallest absolute Gasteiger partial charge is 0.341 e. The summed E-state index contributed by atoms with van der Waals surface area (Å²) < 4.78 is 19.0. The van der Waals surface area contributed by atoms with E-state index in [2.05, 4.69) is 15.3 Å². The first-order chi connectivity index (χ1) is 12.0. The van der Waals surface area contributed by atoms with E-state index in [1.807, 2.05) is 13.8 Å². The zero-order valence-corrected chi connectivity index (χ0v) is 15.2. The van der Waals surface area contributed by atoms with E-state index >= 15 is 0 Å². The van der Waals surface area contributed by atoms with E-state index in [-0.39, 0.29) is 18.0 Å². The summed E-state index contributed by atoms with van der Waals surface area (Å²) in [5, 5.41) is 3.51. The Balaban J connectivity index is 0.00000109. The number of nitrogens with one attached hydrogen (secondary N) is 1. The van der Waals surface area contributed by atoms with E-state index in [0.29, 0.717) is 16.5 Å². The van der Waals surface area contributed by atoms with Crippen LogP contribution in [0.3, 0.4) is 0 Å². The molecule has 7 heteroatoms. The van der Waals surface area contributed by atoms with Crippen molar-refractivity contribution < 1.29 is 13.9 Å². The highest BCUT2D eigenvalue weighted by atomic mass is 35.5. The molecule has 1 aliphatic carbocycles. The summed E-state index contributed by atoms with van der Waals surface area (Å²) in [5.74, 6) is -0.487. The summed E-state index contributed by atoms with van der Waals surface area (Å²) in [4.78, 5) is 19.8. The third kappa shape index (κ3) is 4.45. The molecule has 1 saturated carbocycles. The van der Waals surface area contributed by atoms with Gasteiger partial charge in [0.2, 0.25) is 5.95 Å². The molecular weight excluding hydrogens is 345 g/mol. The maximum absolute atomic E-state index is 14.1. The third-order valence-electron chi connectivity index (χ3n) is 3.71. The molecule has 5 nitrogen and oxygen atoms in total. The van der Waals surface area contributed by atoms with Gasteiger partial charge >= 0.3 is 5.97 Å². The number of rotatable bonds is 5. The van der Waals surface area contributed by atoms with Crippen molar-refractivity contribution in [2.45, 2.75) is 39.2 Å². The molecule has 134 valence electrons. The van der Waals surface area contributed by atoms with Gasteiger partial charge in [0.1, 0.15) is 5.82 Å². The summed E-state index contributed by atoms with van der Waals surface area (Å²) in [7, 11) is 0. The molecule has 0 saturated heterocycles.